The fourth-order valence-electron chi connectivity index (χ4n) is 2.53. The molecular weight excluding hydrogens is 348 g/mol. The summed E-state index contributed by atoms with van der Waals surface area (Å²) in [7, 11) is 1.67. The van der Waals surface area contributed by atoms with E-state index in [-0.39, 0.29) is 6.04 Å². The molecule has 0 radical (unpaired) electrons. The number of methoxy groups -OCH3 is 1. The van der Waals surface area contributed by atoms with Crippen LogP contribution in [0.15, 0.2) is 46.9 Å². The molecule has 0 aliphatic carbocycles. The summed E-state index contributed by atoms with van der Waals surface area (Å²) >= 11 is 9.02. The molecule has 21 heavy (non-hydrogen) atoms. The molecule has 1 atom stereocenters. The number of H-pyrrole nitrogens is 1. The maximum atomic E-state index is 5.50. The zero-order valence-corrected chi connectivity index (χ0v) is 14.2. The van der Waals surface area contributed by atoms with E-state index in [1.807, 2.05) is 30.3 Å². The second-order valence-electron chi connectivity index (χ2n) is 4.91. The molecule has 3 aromatic rings. The first-order chi connectivity index (χ1) is 10.1. The molecule has 1 unspecified atom stereocenters. The van der Waals surface area contributed by atoms with E-state index in [0.29, 0.717) is 4.77 Å². The Morgan fingerprint density at radius 3 is 2.76 bits per heavy atom. The molecule has 0 amide bonds. The molecule has 0 saturated heterocycles. The van der Waals surface area contributed by atoms with E-state index in [4.69, 9.17) is 17.0 Å². The second-order valence-corrected chi connectivity index (χ2v) is 6.22. The van der Waals surface area contributed by atoms with E-state index in [9.17, 15) is 0 Å². The molecule has 1 N–H and O–H groups in total. The number of hydrogen-bond donors (Lipinski definition) is 1. The van der Waals surface area contributed by atoms with Gasteiger partial charge in [-0.3, -0.25) is 0 Å². The van der Waals surface area contributed by atoms with Crippen molar-refractivity contribution in [3.63, 3.8) is 0 Å². The molecule has 2 aromatic carbocycles. The molecule has 3 rings (SSSR count). The van der Waals surface area contributed by atoms with Crippen LogP contribution in [0, 0.1) is 4.77 Å². The number of halogens is 1. The maximum Gasteiger partial charge on any atom is 0.178 e. The molecule has 108 valence electrons. The zero-order valence-electron chi connectivity index (χ0n) is 11.8. The Morgan fingerprint density at radius 1 is 1.24 bits per heavy atom. The van der Waals surface area contributed by atoms with E-state index in [1.54, 1.807) is 7.11 Å². The molecule has 0 aliphatic heterocycles. The molecule has 3 nitrogen and oxygen atoms in total. The number of benzene rings is 2. The normalized spacial score (nSPS) is 12.5. The molecule has 0 spiro atoms. The van der Waals surface area contributed by atoms with Crippen molar-refractivity contribution >= 4 is 39.2 Å². The van der Waals surface area contributed by atoms with E-state index < -0.39 is 0 Å². The maximum absolute atomic E-state index is 5.50. The van der Waals surface area contributed by atoms with Crippen molar-refractivity contribution in [2.45, 2.75) is 13.0 Å². The zero-order chi connectivity index (χ0) is 15.0. The van der Waals surface area contributed by atoms with Crippen LogP contribution in [0.5, 0.6) is 5.75 Å². The first-order valence-corrected chi connectivity index (χ1v) is 7.84. The Kier molecular flexibility index (Phi) is 3.87. The summed E-state index contributed by atoms with van der Waals surface area (Å²) in [6.07, 6.45) is 0. The average molecular weight is 363 g/mol. The molecule has 1 heterocycles. The van der Waals surface area contributed by atoms with Crippen LogP contribution < -0.4 is 4.74 Å². The van der Waals surface area contributed by atoms with Crippen molar-refractivity contribution in [1.29, 1.82) is 0 Å². The van der Waals surface area contributed by atoms with Gasteiger partial charge in [-0.2, -0.15) is 0 Å². The topological polar surface area (TPSA) is 29.9 Å². The van der Waals surface area contributed by atoms with Gasteiger partial charge in [-0.1, -0.05) is 28.1 Å². The quantitative estimate of drug-likeness (QED) is 0.658. The number of ether oxygens (including phenoxy) is 1. The summed E-state index contributed by atoms with van der Waals surface area (Å²) in [6.45, 7) is 2.14. The summed E-state index contributed by atoms with van der Waals surface area (Å²) in [5, 5.41) is 0. The van der Waals surface area contributed by atoms with Crippen LogP contribution in [0.3, 0.4) is 0 Å². The minimum Gasteiger partial charge on any atom is -0.497 e. The van der Waals surface area contributed by atoms with Crippen molar-refractivity contribution in [1.82, 2.24) is 9.55 Å². The van der Waals surface area contributed by atoms with Crippen molar-refractivity contribution in [2.24, 2.45) is 0 Å². The Morgan fingerprint density at radius 2 is 2.05 bits per heavy atom. The lowest BCUT2D eigenvalue weighted by atomic mass is 10.1. The highest BCUT2D eigenvalue weighted by atomic mass is 79.9. The van der Waals surface area contributed by atoms with Gasteiger partial charge in [0.1, 0.15) is 5.75 Å². The molecule has 1 aromatic heterocycles. The summed E-state index contributed by atoms with van der Waals surface area (Å²) < 4.78 is 9.22. The van der Waals surface area contributed by atoms with Gasteiger partial charge in [0.05, 0.1) is 24.2 Å². The summed E-state index contributed by atoms with van der Waals surface area (Å²) in [6, 6.07) is 14.4. The first kappa shape index (κ1) is 14.4. The van der Waals surface area contributed by atoms with Crippen molar-refractivity contribution in [3.05, 3.63) is 57.3 Å². The minimum atomic E-state index is 0.135. The Labute approximate surface area is 136 Å². The van der Waals surface area contributed by atoms with Crippen LogP contribution >= 0.6 is 28.1 Å². The second kappa shape index (κ2) is 5.66. The van der Waals surface area contributed by atoms with Crippen LogP contribution in [0.4, 0.5) is 0 Å². The summed E-state index contributed by atoms with van der Waals surface area (Å²) in [5.74, 6) is 0.826. The molecule has 0 aliphatic rings. The van der Waals surface area contributed by atoms with Crippen LogP contribution in [0.2, 0.25) is 0 Å². The lowest BCUT2D eigenvalue weighted by molar-refractivity contribution is 0.415. The first-order valence-electron chi connectivity index (χ1n) is 6.64. The standard InChI is InChI=1S/C16H15BrN2OS/c1-10(11-4-3-5-12(17)8-11)19-15-9-13(20-2)6-7-14(15)18-16(19)21/h3-10H,1-2H3,(H,18,21). The molecular formula is C16H15BrN2OS. The Hall–Kier alpha value is -1.59. The molecule has 0 bridgehead atoms. The number of fused-ring (bicyclic) bond motifs is 1. The number of nitrogens with one attached hydrogen (secondary N) is 1. The largest absolute Gasteiger partial charge is 0.497 e. The van der Waals surface area contributed by atoms with Gasteiger partial charge in [-0.25, -0.2) is 0 Å². The predicted octanol–water partition coefficient (Wildman–Crippen LogP) is 5.08. The van der Waals surface area contributed by atoms with Crippen molar-refractivity contribution < 1.29 is 4.74 Å². The van der Waals surface area contributed by atoms with Gasteiger partial charge < -0.3 is 14.3 Å². The van der Waals surface area contributed by atoms with Gasteiger partial charge in [-0.15, -0.1) is 0 Å². The molecule has 5 heteroatoms. The smallest absolute Gasteiger partial charge is 0.178 e. The SMILES string of the molecule is COc1ccc2[nH]c(=S)n(C(C)c3cccc(Br)c3)c2c1. The van der Waals surface area contributed by atoms with E-state index in [0.717, 1.165) is 21.3 Å². The lowest BCUT2D eigenvalue weighted by Gasteiger charge is -2.15. The Balaban J connectivity index is 2.19. The fraction of sp³-hybridized carbons (Fsp3) is 0.188. The Bertz CT molecular complexity index is 853. The predicted molar refractivity (Wildman–Crippen MR) is 91.6 cm³/mol. The van der Waals surface area contributed by atoms with Gasteiger partial charge in [0, 0.05) is 10.5 Å². The fourth-order valence-corrected chi connectivity index (χ4v) is 3.31. The van der Waals surface area contributed by atoms with Gasteiger partial charge in [0.25, 0.3) is 0 Å². The third-order valence-electron chi connectivity index (χ3n) is 3.64. The number of aromatic nitrogens is 2. The lowest BCUT2D eigenvalue weighted by Crippen LogP contribution is -2.06. The van der Waals surface area contributed by atoms with Crippen LogP contribution in [0.25, 0.3) is 11.0 Å². The number of rotatable bonds is 3. The highest BCUT2D eigenvalue weighted by molar-refractivity contribution is 9.10. The van der Waals surface area contributed by atoms with Crippen LogP contribution in [0.1, 0.15) is 18.5 Å². The van der Waals surface area contributed by atoms with Gasteiger partial charge in [0.15, 0.2) is 4.77 Å². The van der Waals surface area contributed by atoms with Crippen molar-refractivity contribution in [2.75, 3.05) is 7.11 Å². The number of imidazole rings is 1. The van der Waals surface area contributed by atoms with Gasteiger partial charge >= 0.3 is 0 Å². The third-order valence-corrected chi connectivity index (χ3v) is 4.44. The number of aromatic amines is 1. The minimum absolute atomic E-state index is 0.135. The highest BCUT2D eigenvalue weighted by Crippen LogP contribution is 2.28. The highest BCUT2D eigenvalue weighted by Gasteiger charge is 2.14. The van der Waals surface area contributed by atoms with E-state index >= 15 is 0 Å². The van der Waals surface area contributed by atoms with Crippen molar-refractivity contribution in [3.8, 4) is 5.75 Å². The number of hydrogen-bond acceptors (Lipinski definition) is 2. The monoisotopic (exact) mass is 362 g/mol. The third kappa shape index (κ3) is 2.63. The molecule has 0 saturated carbocycles. The van der Waals surface area contributed by atoms with Gasteiger partial charge in [0.2, 0.25) is 0 Å². The van der Waals surface area contributed by atoms with E-state index in [1.165, 1.54) is 5.56 Å². The summed E-state index contributed by atoms with van der Waals surface area (Å²) in [4.78, 5) is 3.25. The molecule has 0 fully saturated rings. The van der Waals surface area contributed by atoms with Gasteiger partial charge in [-0.05, 0) is 49.0 Å². The summed E-state index contributed by atoms with van der Waals surface area (Å²) in [5.41, 5.74) is 3.26. The van der Waals surface area contributed by atoms with E-state index in [2.05, 4.69) is 44.5 Å². The number of nitrogens with zero attached hydrogens (tertiary/aromatic N) is 1. The van der Waals surface area contributed by atoms with Crippen LogP contribution in [-0.4, -0.2) is 16.7 Å². The average Bonchev–Trinajstić information content (AvgIpc) is 2.81. The van der Waals surface area contributed by atoms with Crippen LogP contribution in [-0.2, 0) is 0 Å².